The number of nitrogens with one attached hydrogen (secondary N) is 1. The van der Waals surface area contributed by atoms with Crippen LogP contribution < -0.4 is 5.32 Å². The van der Waals surface area contributed by atoms with Crippen LogP contribution in [-0.2, 0) is 12.7 Å². The highest BCUT2D eigenvalue weighted by atomic mass is 79.9. The number of benzene rings is 1. The van der Waals surface area contributed by atoms with E-state index in [0.29, 0.717) is 15.9 Å². The van der Waals surface area contributed by atoms with E-state index in [9.17, 15) is 13.2 Å². The fourth-order valence-electron chi connectivity index (χ4n) is 1.35. The maximum Gasteiger partial charge on any atom is 0.416 e. The van der Waals surface area contributed by atoms with Crippen LogP contribution in [0.2, 0.25) is 0 Å². The number of hydrogen-bond donors (Lipinski definition) is 1. The third-order valence-electron chi connectivity index (χ3n) is 2.23. The molecule has 1 heterocycles. The van der Waals surface area contributed by atoms with Crippen molar-refractivity contribution in [2.75, 3.05) is 5.32 Å². The monoisotopic (exact) mass is 320 g/mol. The second kappa shape index (κ2) is 5.01. The quantitative estimate of drug-likeness (QED) is 0.926. The van der Waals surface area contributed by atoms with Crippen molar-refractivity contribution in [1.82, 2.24) is 4.98 Å². The third kappa shape index (κ3) is 3.04. The Morgan fingerprint density at radius 1 is 1.33 bits per heavy atom. The fraction of sp³-hybridized carbons (Fsp3) is 0.182. The summed E-state index contributed by atoms with van der Waals surface area (Å²) in [6.45, 7) is 0.264. The second-order valence-corrected chi connectivity index (χ2v) is 4.37. The van der Waals surface area contributed by atoms with Gasteiger partial charge in [0.15, 0.2) is 6.39 Å². The van der Waals surface area contributed by atoms with Crippen LogP contribution in [0.5, 0.6) is 0 Å². The molecule has 1 aromatic carbocycles. The van der Waals surface area contributed by atoms with E-state index < -0.39 is 11.7 Å². The smallest absolute Gasteiger partial charge is 0.416 e. The van der Waals surface area contributed by atoms with Crippen molar-refractivity contribution < 1.29 is 17.6 Å². The van der Waals surface area contributed by atoms with Gasteiger partial charge in [0.25, 0.3) is 0 Å². The minimum atomic E-state index is -4.36. The normalized spacial score (nSPS) is 11.6. The molecule has 0 amide bonds. The summed E-state index contributed by atoms with van der Waals surface area (Å²) < 4.78 is 43.2. The first-order valence-electron chi connectivity index (χ1n) is 4.95. The number of hydrogen-bond acceptors (Lipinski definition) is 3. The van der Waals surface area contributed by atoms with Crippen LogP contribution in [0, 0.1) is 0 Å². The fourth-order valence-corrected chi connectivity index (χ4v) is 1.74. The van der Waals surface area contributed by atoms with Gasteiger partial charge in [-0.25, -0.2) is 4.98 Å². The van der Waals surface area contributed by atoms with Crippen molar-refractivity contribution in [2.45, 2.75) is 12.7 Å². The molecule has 0 spiro atoms. The van der Waals surface area contributed by atoms with Crippen molar-refractivity contribution in [3.8, 4) is 0 Å². The maximum atomic E-state index is 12.5. The van der Waals surface area contributed by atoms with Gasteiger partial charge in [0.1, 0.15) is 5.76 Å². The molecule has 0 saturated heterocycles. The van der Waals surface area contributed by atoms with Crippen LogP contribution in [0.4, 0.5) is 18.9 Å². The van der Waals surface area contributed by atoms with Crippen LogP contribution in [0.1, 0.15) is 11.3 Å². The average molecular weight is 321 g/mol. The number of aromatic nitrogens is 1. The van der Waals surface area contributed by atoms with E-state index in [2.05, 4.69) is 26.2 Å². The Hall–Kier alpha value is -1.50. The molecule has 2 aromatic rings. The highest BCUT2D eigenvalue weighted by molar-refractivity contribution is 9.10. The highest BCUT2D eigenvalue weighted by Crippen LogP contribution is 2.34. The van der Waals surface area contributed by atoms with Gasteiger partial charge in [-0.15, -0.1) is 0 Å². The first-order valence-corrected chi connectivity index (χ1v) is 5.74. The standard InChI is InChI=1S/C11H8BrF3N2O/c12-9-2-1-7(11(13,14)15)3-10(9)17-5-8-4-16-6-18-8/h1-4,6,17H,5H2. The molecular formula is C11H8BrF3N2O. The highest BCUT2D eigenvalue weighted by Gasteiger charge is 2.30. The molecule has 0 unspecified atom stereocenters. The Morgan fingerprint density at radius 2 is 2.11 bits per heavy atom. The molecule has 0 saturated carbocycles. The van der Waals surface area contributed by atoms with E-state index >= 15 is 0 Å². The van der Waals surface area contributed by atoms with Crippen LogP contribution in [0.15, 0.2) is 39.7 Å². The molecule has 96 valence electrons. The van der Waals surface area contributed by atoms with Gasteiger partial charge in [-0.1, -0.05) is 0 Å². The van der Waals surface area contributed by atoms with E-state index in [1.807, 2.05) is 0 Å². The molecule has 2 rings (SSSR count). The molecule has 3 nitrogen and oxygen atoms in total. The molecule has 0 radical (unpaired) electrons. The van der Waals surface area contributed by atoms with Gasteiger partial charge in [-0.05, 0) is 34.1 Å². The van der Waals surface area contributed by atoms with Gasteiger partial charge < -0.3 is 9.73 Å². The van der Waals surface area contributed by atoms with Gasteiger partial charge >= 0.3 is 6.18 Å². The van der Waals surface area contributed by atoms with E-state index in [1.165, 1.54) is 18.7 Å². The first kappa shape index (κ1) is 12.9. The minimum Gasteiger partial charge on any atom is -0.447 e. The number of nitrogens with zero attached hydrogens (tertiary/aromatic N) is 1. The third-order valence-corrected chi connectivity index (χ3v) is 2.92. The van der Waals surface area contributed by atoms with Gasteiger partial charge in [0, 0.05) is 10.2 Å². The van der Waals surface area contributed by atoms with Gasteiger partial charge in [0.2, 0.25) is 0 Å². The predicted octanol–water partition coefficient (Wildman–Crippen LogP) is 4.07. The molecular weight excluding hydrogens is 313 g/mol. The topological polar surface area (TPSA) is 38.1 Å². The Kier molecular flexibility index (Phi) is 3.60. The summed E-state index contributed by atoms with van der Waals surface area (Å²) in [5, 5.41) is 2.85. The molecule has 7 heteroatoms. The number of oxazole rings is 1. The number of halogens is 4. The predicted molar refractivity (Wildman–Crippen MR) is 63.0 cm³/mol. The summed E-state index contributed by atoms with van der Waals surface area (Å²) in [4.78, 5) is 3.72. The van der Waals surface area contributed by atoms with Crippen molar-refractivity contribution in [2.24, 2.45) is 0 Å². The molecule has 0 fully saturated rings. The first-order chi connectivity index (χ1) is 8.47. The lowest BCUT2D eigenvalue weighted by Gasteiger charge is -2.11. The van der Waals surface area contributed by atoms with E-state index in [-0.39, 0.29) is 6.54 Å². The summed E-state index contributed by atoms with van der Waals surface area (Å²) in [6, 6.07) is 3.41. The van der Waals surface area contributed by atoms with Crippen LogP contribution in [-0.4, -0.2) is 4.98 Å². The summed E-state index contributed by atoms with van der Waals surface area (Å²) in [5.74, 6) is 0.541. The van der Waals surface area contributed by atoms with E-state index in [0.717, 1.165) is 12.1 Å². The van der Waals surface area contributed by atoms with Crippen molar-refractivity contribution in [3.63, 3.8) is 0 Å². The van der Waals surface area contributed by atoms with E-state index in [1.54, 1.807) is 0 Å². The maximum absolute atomic E-state index is 12.5. The average Bonchev–Trinajstić information content (AvgIpc) is 2.79. The molecule has 0 aliphatic rings. The number of anilines is 1. The van der Waals surface area contributed by atoms with Crippen molar-refractivity contribution in [1.29, 1.82) is 0 Å². The molecule has 0 aliphatic heterocycles. The zero-order chi connectivity index (χ0) is 13.2. The lowest BCUT2D eigenvalue weighted by atomic mass is 10.2. The Balaban J connectivity index is 2.16. The molecule has 18 heavy (non-hydrogen) atoms. The van der Waals surface area contributed by atoms with Crippen molar-refractivity contribution >= 4 is 21.6 Å². The van der Waals surface area contributed by atoms with Gasteiger partial charge in [-0.3, -0.25) is 0 Å². The molecule has 1 aromatic heterocycles. The largest absolute Gasteiger partial charge is 0.447 e. The summed E-state index contributed by atoms with van der Waals surface area (Å²) in [5.41, 5.74) is -0.355. The van der Waals surface area contributed by atoms with Gasteiger partial charge in [-0.2, -0.15) is 13.2 Å². The van der Waals surface area contributed by atoms with Crippen LogP contribution in [0.25, 0.3) is 0 Å². The lowest BCUT2D eigenvalue weighted by molar-refractivity contribution is -0.137. The zero-order valence-corrected chi connectivity index (χ0v) is 10.5. The molecule has 0 atom stereocenters. The lowest BCUT2D eigenvalue weighted by Crippen LogP contribution is -2.06. The van der Waals surface area contributed by atoms with Crippen LogP contribution >= 0.6 is 15.9 Å². The van der Waals surface area contributed by atoms with Crippen LogP contribution in [0.3, 0.4) is 0 Å². The summed E-state index contributed by atoms with van der Waals surface area (Å²) >= 11 is 3.19. The van der Waals surface area contributed by atoms with Gasteiger partial charge in [0.05, 0.1) is 18.3 Å². The number of rotatable bonds is 3. The molecule has 1 N–H and O–H groups in total. The summed E-state index contributed by atoms with van der Waals surface area (Å²) in [7, 11) is 0. The second-order valence-electron chi connectivity index (χ2n) is 3.51. The van der Waals surface area contributed by atoms with Crippen molar-refractivity contribution in [3.05, 3.63) is 46.6 Å². The SMILES string of the molecule is FC(F)(F)c1ccc(Br)c(NCc2cnco2)c1. The minimum absolute atomic E-state index is 0.264. The summed E-state index contributed by atoms with van der Waals surface area (Å²) in [6.07, 6.45) is -1.60. The van der Waals surface area contributed by atoms with E-state index in [4.69, 9.17) is 4.42 Å². The molecule has 0 aliphatic carbocycles. The molecule has 0 bridgehead atoms. The Bertz CT molecular complexity index is 526. The number of alkyl halides is 3. The Morgan fingerprint density at radius 3 is 2.72 bits per heavy atom. The Labute approximate surface area is 109 Å². The zero-order valence-electron chi connectivity index (χ0n) is 8.96.